The number of amides is 1. The van der Waals surface area contributed by atoms with Crippen LogP contribution in [0.3, 0.4) is 0 Å². The Morgan fingerprint density at radius 2 is 2.08 bits per heavy atom. The molecule has 0 aromatic heterocycles. The third kappa shape index (κ3) is 3.25. The number of hydrogen-bond donors (Lipinski definition) is 2. The number of aliphatic hydroxyl groups is 1. The van der Waals surface area contributed by atoms with Gasteiger partial charge in [0.05, 0.1) is 10.6 Å². The summed E-state index contributed by atoms with van der Waals surface area (Å²) in [5, 5.41) is 11.8. The van der Waals surface area contributed by atoms with Gasteiger partial charge in [0, 0.05) is 6.42 Å². The Labute approximate surface area is 147 Å². The molecular formula is C18H19N2O4S. The summed E-state index contributed by atoms with van der Waals surface area (Å²) < 4.78 is 27.6. The van der Waals surface area contributed by atoms with Crippen molar-refractivity contribution in [2.75, 3.05) is 4.31 Å². The molecule has 2 atom stereocenters. The number of rotatable bonds is 4. The molecule has 2 aromatic carbocycles. The molecule has 2 unspecified atom stereocenters. The summed E-state index contributed by atoms with van der Waals surface area (Å²) in [4.78, 5) is 12.6. The SMILES string of the molecule is Cc1[c]ccc(S(=O)(=O)N2c3ccccc3CC2C(=O)NC(C)O)c1. The minimum absolute atomic E-state index is 0.107. The molecule has 1 heterocycles. The van der Waals surface area contributed by atoms with Crippen LogP contribution in [0, 0.1) is 13.0 Å². The third-order valence-corrected chi connectivity index (χ3v) is 5.87. The Kier molecular flexibility index (Phi) is 4.53. The highest BCUT2D eigenvalue weighted by atomic mass is 32.2. The third-order valence-electron chi connectivity index (χ3n) is 4.05. The van der Waals surface area contributed by atoms with E-state index in [0.717, 1.165) is 9.87 Å². The molecular weight excluding hydrogens is 340 g/mol. The second kappa shape index (κ2) is 6.50. The topological polar surface area (TPSA) is 86.7 Å². The number of aliphatic hydroxyl groups excluding tert-OH is 1. The summed E-state index contributed by atoms with van der Waals surface area (Å²) in [6, 6.07) is 13.5. The molecule has 2 N–H and O–H groups in total. The summed E-state index contributed by atoms with van der Waals surface area (Å²) in [6.45, 7) is 3.17. The van der Waals surface area contributed by atoms with Gasteiger partial charge in [-0.2, -0.15) is 0 Å². The number of fused-ring (bicyclic) bond motifs is 1. The van der Waals surface area contributed by atoms with Gasteiger partial charge in [-0.05, 0) is 49.2 Å². The second-order valence-corrected chi connectivity index (χ2v) is 7.86. The Bertz CT molecular complexity index is 909. The van der Waals surface area contributed by atoms with E-state index in [1.165, 1.54) is 19.1 Å². The smallest absolute Gasteiger partial charge is 0.265 e. The molecule has 1 radical (unpaired) electrons. The first-order valence-electron chi connectivity index (χ1n) is 7.90. The zero-order valence-corrected chi connectivity index (χ0v) is 14.7. The van der Waals surface area contributed by atoms with Crippen LogP contribution in [0.15, 0.2) is 47.4 Å². The van der Waals surface area contributed by atoms with E-state index < -0.39 is 28.2 Å². The maximum absolute atomic E-state index is 13.2. The van der Waals surface area contributed by atoms with Crippen LogP contribution in [0.4, 0.5) is 5.69 Å². The van der Waals surface area contributed by atoms with Crippen LogP contribution in [-0.2, 0) is 21.2 Å². The molecule has 7 heteroatoms. The molecule has 0 aliphatic carbocycles. The Balaban J connectivity index is 2.09. The highest BCUT2D eigenvalue weighted by Crippen LogP contribution is 2.36. The number of benzene rings is 2. The fraction of sp³-hybridized carbons (Fsp3) is 0.278. The van der Waals surface area contributed by atoms with E-state index in [2.05, 4.69) is 11.4 Å². The zero-order valence-electron chi connectivity index (χ0n) is 13.9. The molecule has 0 bridgehead atoms. The fourth-order valence-electron chi connectivity index (χ4n) is 2.99. The molecule has 25 heavy (non-hydrogen) atoms. The van der Waals surface area contributed by atoms with Crippen LogP contribution in [0.1, 0.15) is 18.1 Å². The first-order chi connectivity index (χ1) is 11.8. The predicted octanol–water partition coefficient (Wildman–Crippen LogP) is 1.37. The molecule has 0 spiro atoms. The monoisotopic (exact) mass is 359 g/mol. The Hall–Kier alpha value is -2.38. The number of carbonyl (C=O) groups excluding carboxylic acids is 1. The molecule has 3 rings (SSSR count). The maximum atomic E-state index is 13.2. The summed E-state index contributed by atoms with van der Waals surface area (Å²) >= 11 is 0. The van der Waals surface area contributed by atoms with Crippen LogP contribution in [0.5, 0.6) is 0 Å². The number of carbonyl (C=O) groups is 1. The zero-order chi connectivity index (χ0) is 18.2. The standard InChI is InChI=1S/C18H19N2O4S/c1-12-6-5-8-15(10-12)25(23,24)20-16-9-4-3-7-14(16)11-17(20)18(22)19-13(2)21/h3-5,7-10,13,17,21H,11H2,1-2H3,(H,19,22). The highest BCUT2D eigenvalue weighted by molar-refractivity contribution is 7.93. The quantitative estimate of drug-likeness (QED) is 0.807. The van der Waals surface area contributed by atoms with Crippen molar-refractivity contribution >= 4 is 21.6 Å². The van der Waals surface area contributed by atoms with Gasteiger partial charge in [0.25, 0.3) is 10.0 Å². The minimum Gasteiger partial charge on any atom is -0.374 e. The number of nitrogens with one attached hydrogen (secondary N) is 1. The van der Waals surface area contributed by atoms with Gasteiger partial charge in [0.15, 0.2) is 0 Å². The van der Waals surface area contributed by atoms with Crippen molar-refractivity contribution in [2.45, 2.75) is 37.4 Å². The van der Waals surface area contributed by atoms with E-state index in [4.69, 9.17) is 0 Å². The van der Waals surface area contributed by atoms with Gasteiger partial charge in [-0.15, -0.1) is 0 Å². The first-order valence-corrected chi connectivity index (χ1v) is 9.34. The number of aryl methyl sites for hydroxylation is 1. The van der Waals surface area contributed by atoms with Gasteiger partial charge >= 0.3 is 0 Å². The normalized spacial score (nSPS) is 17.9. The molecule has 1 aliphatic heterocycles. The molecule has 6 nitrogen and oxygen atoms in total. The van der Waals surface area contributed by atoms with E-state index in [1.807, 2.05) is 0 Å². The van der Waals surface area contributed by atoms with Crippen molar-refractivity contribution in [2.24, 2.45) is 0 Å². The summed E-state index contributed by atoms with van der Waals surface area (Å²) in [5.41, 5.74) is 1.95. The van der Waals surface area contributed by atoms with Crippen molar-refractivity contribution in [1.29, 1.82) is 0 Å². The number of nitrogens with zero attached hydrogens (tertiary/aromatic N) is 1. The van der Waals surface area contributed by atoms with Crippen LogP contribution < -0.4 is 9.62 Å². The van der Waals surface area contributed by atoms with Gasteiger partial charge in [-0.25, -0.2) is 8.42 Å². The van der Waals surface area contributed by atoms with E-state index in [1.54, 1.807) is 37.3 Å². The molecule has 0 saturated carbocycles. The molecule has 1 aliphatic rings. The van der Waals surface area contributed by atoms with Crippen molar-refractivity contribution in [3.8, 4) is 0 Å². The summed E-state index contributed by atoms with van der Waals surface area (Å²) in [5.74, 6) is -0.533. The van der Waals surface area contributed by atoms with Crippen LogP contribution in [0.25, 0.3) is 0 Å². The largest absolute Gasteiger partial charge is 0.374 e. The van der Waals surface area contributed by atoms with Crippen LogP contribution in [-0.4, -0.2) is 31.7 Å². The number of anilines is 1. The predicted molar refractivity (Wildman–Crippen MR) is 93.4 cm³/mol. The van der Waals surface area contributed by atoms with Crippen molar-refractivity contribution in [1.82, 2.24) is 5.32 Å². The second-order valence-electron chi connectivity index (χ2n) is 6.04. The van der Waals surface area contributed by atoms with E-state index in [-0.39, 0.29) is 11.3 Å². The number of sulfonamides is 1. The lowest BCUT2D eigenvalue weighted by Crippen LogP contribution is -2.50. The van der Waals surface area contributed by atoms with Gasteiger partial charge < -0.3 is 10.4 Å². The van der Waals surface area contributed by atoms with Gasteiger partial charge in [0.1, 0.15) is 12.3 Å². The van der Waals surface area contributed by atoms with E-state index >= 15 is 0 Å². The molecule has 0 saturated heterocycles. The molecule has 0 fully saturated rings. The van der Waals surface area contributed by atoms with Gasteiger partial charge in [0.2, 0.25) is 5.91 Å². The average molecular weight is 359 g/mol. The molecule has 131 valence electrons. The van der Waals surface area contributed by atoms with Crippen LogP contribution >= 0.6 is 0 Å². The Morgan fingerprint density at radius 1 is 1.36 bits per heavy atom. The fourth-order valence-corrected chi connectivity index (χ4v) is 4.72. The van der Waals surface area contributed by atoms with Gasteiger partial charge in [-0.3, -0.25) is 9.10 Å². The molecule has 1 amide bonds. The van der Waals surface area contributed by atoms with Crippen molar-refractivity contribution in [3.05, 3.63) is 59.7 Å². The lowest BCUT2D eigenvalue weighted by molar-refractivity contribution is -0.124. The van der Waals surface area contributed by atoms with E-state index in [9.17, 15) is 18.3 Å². The van der Waals surface area contributed by atoms with Crippen molar-refractivity contribution in [3.63, 3.8) is 0 Å². The minimum atomic E-state index is -3.93. The lowest BCUT2D eigenvalue weighted by Gasteiger charge is -2.26. The van der Waals surface area contributed by atoms with Gasteiger partial charge in [-0.1, -0.05) is 24.3 Å². The van der Waals surface area contributed by atoms with Crippen molar-refractivity contribution < 1.29 is 18.3 Å². The average Bonchev–Trinajstić information content (AvgIpc) is 2.94. The summed E-state index contributed by atoms with van der Waals surface area (Å²) in [7, 11) is -3.93. The first kappa shape index (κ1) is 17.4. The summed E-state index contributed by atoms with van der Waals surface area (Å²) in [6.07, 6.45) is -0.805. The highest BCUT2D eigenvalue weighted by Gasteiger charge is 2.42. The number of para-hydroxylation sites is 1. The van der Waals surface area contributed by atoms with E-state index in [0.29, 0.717) is 11.3 Å². The Morgan fingerprint density at radius 3 is 2.76 bits per heavy atom. The maximum Gasteiger partial charge on any atom is 0.265 e. The molecule has 2 aromatic rings. The van der Waals surface area contributed by atoms with Crippen LogP contribution in [0.2, 0.25) is 0 Å². The number of hydrogen-bond acceptors (Lipinski definition) is 4. The lowest BCUT2D eigenvalue weighted by atomic mass is 10.1.